The summed E-state index contributed by atoms with van der Waals surface area (Å²) in [4.78, 5) is 26.9. The molecule has 0 spiro atoms. The van der Waals surface area contributed by atoms with Gasteiger partial charge in [0, 0.05) is 36.2 Å². The van der Waals surface area contributed by atoms with E-state index in [1.807, 2.05) is 43.0 Å². The van der Waals surface area contributed by atoms with Gasteiger partial charge < -0.3 is 14.6 Å². The summed E-state index contributed by atoms with van der Waals surface area (Å²) in [6.07, 6.45) is 3.06. The fourth-order valence-corrected chi connectivity index (χ4v) is 4.55. The molecule has 0 bridgehead atoms. The minimum absolute atomic E-state index is 0.0462. The number of carbonyl (C=O) groups excluding carboxylic acids is 2. The number of carbonyl (C=O) groups is 2. The lowest BCUT2D eigenvalue weighted by Gasteiger charge is -2.34. The maximum absolute atomic E-state index is 13.0. The molecule has 1 aromatic carbocycles. The van der Waals surface area contributed by atoms with E-state index in [1.165, 1.54) is 0 Å². The summed E-state index contributed by atoms with van der Waals surface area (Å²) < 4.78 is 5.88. The van der Waals surface area contributed by atoms with E-state index < -0.39 is 0 Å². The first-order valence-electron chi connectivity index (χ1n) is 10.1. The highest BCUT2D eigenvalue weighted by Crippen LogP contribution is 2.42. The molecule has 1 N–H and O–H groups in total. The molecule has 1 aromatic heterocycles. The number of benzene rings is 1. The second kappa shape index (κ2) is 6.80. The molecule has 0 saturated heterocycles. The molecule has 5 nitrogen and oxygen atoms in total. The molecule has 0 saturated carbocycles. The van der Waals surface area contributed by atoms with Gasteiger partial charge in [-0.3, -0.25) is 9.59 Å². The van der Waals surface area contributed by atoms with Gasteiger partial charge in [0.2, 0.25) is 5.91 Å². The molecule has 2 aromatic rings. The van der Waals surface area contributed by atoms with Crippen molar-refractivity contribution in [3.8, 4) is 0 Å². The third-order valence-electron chi connectivity index (χ3n) is 5.88. The van der Waals surface area contributed by atoms with Crippen LogP contribution in [0.4, 0.5) is 5.69 Å². The summed E-state index contributed by atoms with van der Waals surface area (Å²) in [5, 5.41) is 3.22. The highest BCUT2D eigenvalue weighted by Gasteiger charge is 2.36. The second-order valence-electron chi connectivity index (χ2n) is 8.80. The van der Waals surface area contributed by atoms with Crippen molar-refractivity contribution in [2.24, 2.45) is 5.41 Å². The lowest BCUT2D eigenvalue weighted by atomic mass is 9.74. The molecule has 0 fully saturated rings. The number of nitrogens with one attached hydrogen (secondary N) is 1. The van der Waals surface area contributed by atoms with Crippen LogP contribution in [0.25, 0.3) is 0 Å². The molecule has 5 heteroatoms. The molecule has 148 valence electrons. The van der Waals surface area contributed by atoms with Crippen LogP contribution in [0.15, 0.2) is 28.7 Å². The van der Waals surface area contributed by atoms with Crippen molar-refractivity contribution < 1.29 is 14.0 Å². The zero-order valence-electron chi connectivity index (χ0n) is 17.1. The van der Waals surface area contributed by atoms with Crippen molar-refractivity contribution >= 4 is 17.5 Å². The number of fused-ring (bicyclic) bond motifs is 2. The van der Waals surface area contributed by atoms with Crippen molar-refractivity contribution in [3.05, 3.63) is 52.5 Å². The van der Waals surface area contributed by atoms with Crippen molar-refractivity contribution in [1.29, 1.82) is 0 Å². The summed E-state index contributed by atoms with van der Waals surface area (Å²) in [5.41, 5.74) is 3.84. The Morgan fingerprint density at radius 2 is 2.07 bits per heavy atom. The van der Waals surface area contributed by atoms with Crippen LogP contribution in [-0.2, 0) is 17.6 Å². The van der Waals surface area contributed by atoms with Crippen LogP contribution >= 0.6 is 0 Å². The minimum Gasteiger partial charge on any atom is -0.466 e. The third-order valence-corrected chi connectivity index (χ3v) is 5.88. The van der Waals surface area contributed by atoms with E-state index in [9.17, 15) is 9.59 Å². The first kappa shape index (κ1) is 18.8. The number of rotatable bonds is 3. The van der Waals surface area contributed by atoms with E-state index in [2.05, 4.69) is 19.2 Å². The highest BCUT2D eigenvalue weighted by molar-refractivity contribution is 5.98. The molecule has 1 aliphatic heterocycles. The summed E-state index contributed by atoms with van der Waals surface area (Å²) >= 11 is 0. The quantitative estimate of drug-likeness (QED) is 0.862. The maximum atomic E-state index is 13.0. The number of nitrogens with zero attached hydrogens (tertiary/aromatic N) is 1. The van der Waals surface area contributed by atoms with Crippen molar-refractivity contribution in [2.45, 2.75) is 59.4 Å². The molecule has 28 heavy (non-hydrogen) atoms. The number of aryl methyl sites for hydroxylation is 1. The smallest absolute Gasteiger partial charge is 0.251 e. The molecule has 2 amide bonds. The van der Waals surface area contributed by atoms with Crippen molar-refractivity contribution in [3.63, 3.8) is 0 Å². The van der Waals surface area contributed by atoms with Crippen molar-refractivity contribution in [1.82, 2.24) is 5.32 Å². The van der Waals surface area contributed by atoms with E-state index in [1.54, 1.807) is 0 Å². The van der Waals surface area contributed by atoms with Crippen LogP contribution in [0.3, 0.4) is 0 Å². The second-order valence-corrected chi connectivity index (χ2v) is 8.80. The van der Waals surface area contributed by atoms with Gasteiger partial charge in [0.05, 0.1) is 6.04 Å². The summed E-state index contributed by atoms with van der Waals surface area (Å²) in [7, 11) is 0. The van der Waals surface area contributed by atoms with E-state index in [4.69, 9.17) is 4.42 Å². The van der Waals surface area contributed by atoms with E-state index in [0.29, 0.717) is 18.5 Å². The number of anilines is 1. The first-order valence-corrected chi connectivity index (χ1v) is 10.1. The van der Waals surface area contributed by atoms with Gasteiger partial charge in [0.15, 0.2) is 0 Å². The van der Waals surface area contributed by atoms with Crippen LogP contribution in [0.5, 0.6) is 0 Å². The van der Waals surface area contributed by atoms with Gasteiger partial charge in [0.25, 0.3) is 5.91 Å². The Hall–Kier alpha value is -2.56. The van der Waals surface area contributed by atoms with Crippen LogP contribution < -0.4 is 10.2 Å². The van der Waals surface area contributed by atoms with Gasteiger partial charge in [-0.15, -0.1) is 0 Å². The number of hydrogen-bond donors (Lipinski definition) is 1. The molecular weight excluding hydrogens is 352 g/mol. The molecule has 1 unspecified atom stereocenters. The van der Waals surface area contributed by atoms with Crippen molar-refractivity contribution in [2.75, 3.05) is 11.4 Å². The van der Waals surface area contributed by atoms with Crippen LogP contribution in [0, 0.1) is 12.3 Å². The summed E-state index contributed by atoms with van der Waals surface area (Å²) in [6, 6.07) is 7.67. The standard InChI is InChI=1S/C23H28N2O3/c1-5-21(26)25-9-8-15-11-16(6-7-19(15)25)22(27)24-18-12-23(3,4)13-20-17(18)10-14(2)28-20/h6-7,10-11,18H,5,8-9,12-13H2,1-4H3,(H,24,27). The first-order chi connectivity index (χ1) is 13.3. The minimum atomic E-state index is -0.0735. The lowest BCUT2D eigenvalue weighted by molar-refractivity contribution is -0.118. The Bertz CT molecular complexity index is 941. The SMILES string of the molecule is CCC(=O)N1CCc2cc(C(=O)NC3CC(C)(C)Cc4oc(C)cc43)ccc21. The largest absolute Gasteiger partial charge is 0.466 e. The third kappa shape index (κ3) is 3.34. The lowest BCUT2D eigenvalue weighted by Crippen LogP contribution is -2.36. The number of amides is 2. The predicted molar refractivity (Wildman–Crippen MR) is 109 cm³/mol. The Labute approximate surface area is 166 Å². The summed E-state index contributed by atoms with van der Waals surface area (Å²) in [6.45, 7) is 8.94. The van der Waals surface area contributed by atoms with E-state index >= 15 is 0 Å². The number of hydrogen-bond acceptors (Lipinski definition) is 3. The molecule has 1 atom stereocenters. The monoisotopic (exact) mass is 380 g/mol. The predicted octanol–water partition coefficient (Wildman–Crippen LogP) is 4.33. The van der Waals surface area contributed by atoms with E-state index in [0.717, 1.165) is 47.6 Å². The molecule has 1 aliphatic carbocycles. The zero-order chi connectivity index (χ0) is 20.1. The zero-order valence-corrected chi connectivity index (χ0v) is 17.1. The van der Waals surface area contributed by atoms with Gasteiger partial charge in [-0.1, -0.05) is 20.8 Å². The molecule has 2 heterocycles. The van der Waals surface area contributed by atoms with Gasteiger partial charge >= 0.3 is 0 Å². The summed E-state index contributed by atoms with van der Waals surface area (Å²) in [5.74, 6) is 1.93. The van der Waals surface area contributed by atoms with Crippen LogP contribution in [0.2, 0.25) is 0 Å². The average Bonchev–Trinajstić information content (AvgIpc) is 3.22. The maximum Gasteiger partial charge on any atom is 0.251 e. The Morgan fingerprint density at radius 1 is 1.29 bits per heavy atom. The highest BCUT2D eigenvalue weighted by atomic mass is 16.3. The van der Waals surface area contributed by atoms with Crippen LogP contribution in [-0.4, -0.2) is 18.4 Å². The Balaban J connectivity index is 1.56. The Kier molecular flexibility index (Phi) is 4.56. The molecule has 2 aliphatic rings. The van der Waals surface area contributed by atoms with Gasteiger partial charge in [0.1, 0.15) is 11.5 Å². The van der Waals surface area contributed by atoms with Gasteiger partial charge in [-0.2, -0.15) is 0 Å². The number of furan rings is 1. The topological polar surface area (TPSA) is 62.6 Å². The van der Waals surface area contributed by atoms with Crippen LogP contribution in [0.1, 0.15) is 72.7 Å². The molecule has 4 rings (SSSR count). The average molecular weight is 380 g/mol. The fraction of sp³-hybridized carbons (Fsp3) is 0.478. The van der Waals surface area contributed by atoms with E-state index in [-0.39, 0.29) is 23.3 Å². The fourth-order valence-electron chi connectivity index (χ4n) is 4.55. The van der Waals surface area contributed by atoms with Gasteiger partial charge in [-0.05, 0) is 55.0 Å². The Morgan fingerprint density at radius 3 is 2.82 bits per heavy atom. The van der Waals surface area contributed by atoms with Gasteiger partial charge in [-0.25, -0.2) is 0 Å². The normalized spacial score (nSPS) is 19.9. The molecule has 0 radical (unpaired) electrons. The molecular formula is C23H28N2O3.